The summed E-state index contributed by atoms with van der Waals surface area (Å²) in [6, 6.07) is 16.1. The fourth-order valence-electron chi connectivity index (χ4n) is 6.01. The van der Waals surface area contributed by atoms with E-state index in [1.54, 1.807) is 0 Å². The molecule has 0 unspecified atom stereocenters. The molecule has 0 amide bonds. The van der Waals surface area contributed by atoms with Crippen LogP contribution >= 0.6 is 0 Å². The second-order valence-electron chi connectivity index (χ2n) is 10.7. The van der Waals surface area contributed by atoms with E-state index >= 15 is 0 Å². The number of rotatable bonds is 3. The summed E-state index contributed by atoms with van der Waals surface area (Å²) in [6.45, 7) is 8.99. The van der Waals surface area contributed by atoms with Crippen LogP contribution in [0.15, 0.2) is 42.5 Å². The van der Waals surface area contributed by atoms with E-state index in [1.807, 2.05) is 0 Å². The molecule has 0 saturated heterocycles. The molecule has 0 radical (unpaired) electrons. The molecule has 1 aromatic heterocycles. The molecule has 168 valence electrons. The molecular weight excluding hydrogens is 402 g/mol. The molecule has 33 heavy (non-hydrogen) atoms. The lowest BCUT2D eigenvalue weighted by Gasteiger charge is -2.25. The molecule has 0 atom stereocenters. The number of hydrogen-bond donors (Lipinski definition) is 0. The van der Waals surface area contributed by atoms with Gasteiger partial charge in [0.05, 0.1) is 5.52 Å². The average molecular weight is 436 g/mol. The average Bonchev–Trinajstić information content (AvgIpc) is 2.80. The Labute approximate surface area is 197 Å². The summed E-state index contributed by atoms with van der Waals surface area (Å²) in [7, 11) is 0. The van der Waals surface area contributed by atoms with Gasteiger partial charge in [-0.2, -0.15) is 0 Å². The van der Waals surface area contributed by atoms with Gasteiger partial charge >= 0.3 is 0 Å². The first-order valence-electron chi connectivity index (χ1n) is 12.7. The van der Waals surface area contributed by atoms with Crippen molar-refractivity contribution in [3.63, 3.8) is 0 Å². The predicted molar refractivity (Wildman–Crippen MR) is 139 cm³/mol. The number of hydrogen-bond acceptors (Lipinski definition) is 2. The monoisotopic (exact) mass is 435 g/mol. The highest BCUT2D eigenvalue weighted by Gasteiger charge is 2.26. The van der Waals surface area contributed by atoms with Gasteiger partial charge in [-0.25, -0.2) is 4.98 Å². The molecule has 1 saturated carbocycles. The summed E-state index contributed by atoms with van der Waals surface area (Å²) in [6.07, 6.45) is 7.77. The highest BCUT2D eigenvalue weighted by atomic mass is 16.5. The number of benzene rings is 3. The Balaban J connectivity index is 1.54. The minimum absolute atomic E-state index is 0.611. The van der Waals surface area contributed by atoms with Crippen LogP contribution in [0.3, 0.4) is 0 Å². The molecule has 1 fully saturated rings. The van der Waals surface area contributed by atoms with Crippen molar-refractivity contribution in [2.24, 2.45) is 5.92 Å². The summed E-state index contributed by atoms with van der Waals surface area (Å²) >= 11 is 0. The third kappa shape index (κ3) is 3.51. The maximum Gasteiger partial charge on any atom is 0.154 e. The molecule has 2 aliphatic rings. The largest absolute Gasteiger partial charge is 0.454 e. The van der Waals surface area contributed by atoms with E-state index in [0.717, 1.165) is 29.1 Å². The SMILES string of the molecule is Cc1cc2cc(CC(C)C)cc3c2c(c1C)-c1nc2ccc(C4CCCCC4)cc2cc1O3. The van der Waals surface area contributed by atoms with Crippen LogP contribution in [0.25, 0.3) is 32.9 Å². The van der Waals surface area contributed by atoms with Gasteiger partial charge in [0.2, 0.25) is 0 Å². The van der Waals surface area contributed by atoms with Gasteiger partial charge in [0.1, 0.15) is 11.4 Å². The van der Waals surface area contributed by atoms with E-state index in [-0.39, 0.29) is 0 Å². The third-order valence-electron chi connectivity index (χ3n) is 7.76. The van der Waals surface area contributed by atoms with E-state index in [9.17, 15) is 0 Å². The third-order valence-corrected chi connectivity index (χ3v) is 7.76. The summed E-state index contributed by atoms with van der Waals surface area (Å²) in [5.74, 6) is 3.18. The Morgan fingerprint density at radius 2 is 1.73 bits per heavy atom. The van der Waals surface area contributed by atoms with Crippen LogP contribution in [0.2, 0.25) is 0 Å². The molecule has 1 aliphatic carbocycles. The lowest BCUT2D eigenvalue weighted by atomic mass is 9.83. The van der Waals surface area contributed by atoms with Crippen molar-refractivity contribution in [1.29, 1.82) is 0 Å². The number of fused-ring (bicyclic) bond motifs is 3. The van der Waals surface area contributed by atoms with E-state index in [2.05, 4.69) is 70.2 Å². The Morgan fingerprint density at radius 1 is 0.909 bits per heavy atom. The van der Waals surface area contributed by atoms with Gasteiger partial charge in [-0.3, -0.25) is 0 Å². The van der Waals surface area contributed by atoms with E-state index in [1.165, 1.54) is 76.1 Å². The molecule has 2 nitrogen and oxygen atoms in total. The Morgan fingerprint density at radius 3 is 2.52 bits per heavy atom. The smallest absolute Gasteiger partial charge is 0.154 e. The van der Waals surface area contributed by atoms with E-state index < -0.39 is 0 Å². The van der Waals surface area contributed by atoms with Crippen LogP contribution in [0, 0.1) is 19.8 Å². The van der Waals surface area contributed by atoms with Crippen molar-refractivity contribution in [2.75, 3.05) is 0 Å². The van der Waals surface area contributed by atoms with Gasteiger partial charge in [0, 0.05) is 16.3 Å². The zero-order valence-electron chi connectivity index (χ0n) is 20.3. The molecule has 0 bridgehead atoms. The topological polar surface area (TPSA) is 22.1 Å². The lowest BCUT2D eigenvalue weighted by Crippen LogP contribution is -2.06. The summed E-state index contributed by atoms with van der Waals surface area (Å²) in [4.78, 5) is 5.17. The van der Waals surface area contributed by atoms with Crippen molar-refractivity contribution in [3.05, 3.63) is 64.7 Å². The molecule has 4 aromatic rings. The van der Waals surface area contributed by atoms with E-state index in [0.29, 0.717) is 11.8 Å². The molecule has 1 aliphatic heterocycles. The first-order valence-corrected chi connectivity index (χ1v) is 12.7. The van der Waals surface area contributed by atoms with Gasteiger partial charge < -0.3 is 4.74 Å². The molecule has 3 aromatic carbocycles. The molecular formula is C31H33NO. The predicted octanol–water partition coefficient (Wildman–Crippen LogP) is 9.02. The second-order valence-corrected chi connectivity index (χ2v) is 10.7. The fourth-order valence-corrected chi connectivity index (χ4v) is 6.01. The van der Waals surface area contributed by atoms with Crippen molar-refractivity contribution >= 4 is 21.7 Å². The number of aromatic nitrogens is 1. The van der Waals surface area contributed by atoms with Crippen LogP contribution in [0.1, 0.15) is 74.1 Å². The molecule has 2 heteroatoms. The second kappa shape index (κ2) is 7.87. The molecule has 0 spiro atoms. The first-order chi connectivity index (χ1) is 16.0. The van der Waals surface area contributed by atoms with Crippen molar-refractivity contribution in [2.45, 2.75) is 72.1 Å². The number of ether oxygens (including phenoxy) is 1. The van der Waals surface area contributed by atoms with E-state index in [4.69, 9.17) is 9.72 Å². The van der Waals surface area contributed by atoms with Crippen molar-refractivity contribution in [1.82, 2.24) is 4.98 Å². The highest BCUT2D eigenvalue weighted by molar-refractivity contribution is 6.06. The van der Waals surface area contributed by atoms with Crippen molar-refractivity contribution in [3.8, 4) is 22.8 Å². The quantitative estimate of drug-likeness (QED) is 0.282. The first kappa shape index (κ1) is 20.7. The maximum atomic E-state index is 6.60. The highest BCUT2D eigenvalue weighted by Crippen LogP contribution is 2.49. The number of pyridine rings is 1. The minimum Gasteiger partial charge on any atom is -0.454 e. The van der Waals surface area contributed by atoms with Crippen LogP contribution in [-0.2, 0) is 6.42 Å². The fraction of sp³-hybridized carbons (Fsp3) is 0.387. The van der Waals surface area contributed by atoms with Crippen LogP contribution < -0.4 is 4.74 Å². The molecule has 2 heterocycles. The van der Waals surface area contributed by atoms with Crippen molar-refractivity contribution < 1.29 is 4.74 Å². The summed E-state index contributed by atoms with van der Waals surface area (Å²) < 4.78 is 6.60. The zero-order valence-corrected chi connectivity index (χ0v) is 20.3. The standard InChI is InChI=1S/C31H33NO/c1-18(2)12-21-14-25-13-19(3)20(4)29-30(25)27(15-21)33-28-17-24-16-23(22-8-6-5-7-9-22)10-11-26(24)32-31(28)29/h10-11,13-18,22H,5-9,12H2,1-4H3. The Bertz CT molecular complexity index is 1390. The maximum absolute atomic E-state index is 6.60. The van der Waals surface area contributed by atoms with Crippen LogP contribution in [0.5, 0.6) is 11.5 Å². The number of nitrogens with zero attached hydrogens (tertiary/aromatic N) is 1. The van der Waals surface area contributed by atoms with Gasteiger partial charge in [0.25, 0.3) is 0 Å². The van der Waals surface area contributed by atoms with Gasteiger partial charge in [-0.15, -0.1) is 0 Å². The van der Waals surface area contributed by atoms with Crippen LogP contribution in [-0.4, -0.2) is 4.98 Å². The minimum atomic E-state index is 0.611. The Hall–Kier alpha value is -2.87. The molecule has 6 rings (SSSR count). The summed E-state index contributed by atoms with van der Waals surface area (Å²) in [5, 5.41) is 3.67. The summed E-state index contributed by atoms with van der Waals surface area (Å²) in [5.41, 5.74) is 8.72. The van der Waals surface area contributed by atoms with Crippen LogP contribution in [0.4, 0.5) is 0 Å². The van der Waals surface area contributed by atoms with Gasteiger partial charge in [0.15, 0.2) is 5.75 Å². The lowest BCUT2D eigenvalue weighted by molar-refractivity contribution is 0.444. The Kier molecular flexibility index (Phi) is 4.94. The van der Waals surface area contributed by atoms with Gasteiger partial charge in [-0.1, -0.05) is 51.3 Å². The zero-order chi connectivity index (χ0) is 22.7. The number of aryl methyl sites for hydroxylation is 1. The molecule has 0 N–H and O–H groups in total. The van der Waals surface area contributed by atoms with Gasteiger partial charge in [-0.05, 0) is 96.9 Å². The normalized spacial score (nSPS) is 15.8.